The van der Waals surface area contributed by atoms with Crippen LogP contribution in [0, 0.1) is 0 Å². The van der Waals surface area contributed by atoms with Crippen molar-refractivity contribution in [3.8, 4) is 0 Å². The molecule has 0 saturated heterocycles. The van der Waals surface area contributed by atoms with Gasteiger partial charge in [0.25, 0.3) is 0 Å². The largest absolute Gasteiger partial charge is 0.113 e. The van der Waals surface area contributed by atoms with E-state index in [1.54, 1.807) is 0 Å². The Morgan fingerprint density at radius 3 is 1.62 bits per heavy atom. The molecule has 0 unspecified atom stereocenters. The fourth-order valence-corrected chi connectivity index (χ4v) is 2.42. The highest BCUT2D eigenvalue weighted by Gasteiger charge is 1.93. The Balaban J connectivity index is 2.84. The molecule has 0 fully saturated rings. The highest BCUT2D eigenvalue weighted by molar-refractivity contribution is 7.55. The summed E-state index contributed by atoms with van der Waals surface area (Å²) in [6, 6.07) is 0. The van der Waals surface area contributed by atoms with Crippen LogP contribution in [0.5, 0.6) is 0 Å². The zero-order valence-corrected chi connectivity index (χ0v) is 10.7. The Labute approximate surface area is 86.3 Å². The normalized spacial score (nSPS) is 11.1. The molecule has 0 rings (SSSR count). The van der Waals surface area contributed by atoms with Gasteiger partial charge in [-0.15, -0.1) is 7.92 Å². The standard InChI is InChI=1S/C12H27P/c1-4-5-6-7-8-9-10-11-12-13(2)3/h4-12H2,1-3H3. The Morgan fingerprint density at radius 2 is 1.15 bits per heavy atom. The molecule has 0 spiro atoms. The molecule has 0 aliphatic rings. The monoisotopic (exact) mass is 202 g/mol. The topological polar surface area (TPSA) is 0 Å². The lowest BCUT2D eigenvalue weighted by Crippen LogP contribution is -1.84. The first-order chi connectivity index (χ1) is 6.27. The minimum absolute atomic E-state index is 0.369. The average molecular weight is 202 g/mol. The van der Waals surface area contributed by atoms with Gasteiger partial charge < -0.3 is 0 Å². The molecule has 0 nitrogen and oxygen atoms in total. The lowest BCUT2D eigenvalue weighted by Gasteiger charge is -2.04. The smallest absolute Gasteiger partial charge is 0.0331 e. The highest BCUT2D eigenvalue weighted by atomic mass is 31.1. The van der Waals surface area contributed by atoms with Gasteiger partial charge in [-0.05, 0) is 25.9 Å². The SMILES string of the molecule is CCCCCCCCCCP(C)C. The lowest BCUT2D eigenvalue weighted by molar-refractivity contribution is 0.586. The predicted octanol–water partition coefficient (Wildman–Crippen LogP) is 4.87. The van der Waals surface area contributed by atoms with E-state index < -0.39 is 0 Å². The summed E-state index contributed by atoms with van der Waals surface area (Å²) in [5.74, 6) is 0. The number of hydrogen-bond acceptors (Lipinski definition) is 0. The van der Waals surface area contributed by atoms with Gasteiger partial charge in [0.2, 0.25) is 0 Å². The second kappa shape index (κ2) is 10.5. The van der Waals surface area contributed by atoms with Gasteiger partial charge in [-0.1, -0.05) is 51.9 Å². The summed E-state index contributed by atoms with van der Waals surface area (Å²) in [7, 11) is 0.369. The maximum atomic E-state index is 2.39. The van der Waals surface area contributed by atoms with E-state index >= 15 is 0 Å². The minimum Gasteiger partial charge on any atom is -0.113 e. The second-order valence-electron chi connectivity index (χ2n) is 4.28. The summed E-state index contributed by atoms with van der Waals surface area (Å²) in [5, 5.41) is 0. The zero-order chi connectivity index (χ0) is 9.94. The third kappa shape index (κ3) is 12.4. The van der Waals surface area contributed by atoms with E-state index in [0.29, 0.717) is 7.92 Å². The van der Waals surface area contributed by atoms with Crippen molar-refractivity contribution in [1.82, 2.24) is 0 Å². The van der Waals surface area contributed by atoms with Crippen molar-refractivity contribution in [2.24, 2.45) is 0 Å². The van der Waals surface area contributed by atoms with Crippen LogP contribution in [-0.4, -0.2) is 19.5 Å². The zero-order valence-electron chi connectivity index (χ0n) is 9.81. The quantitative estimate of drug-likeness (QED) is 0.369. The van der Waals surface area contributed by atoms with E-state index in [2.05, 4.69) is 20.3 Å². The average Bonchev–Trinajstić information content (AvgIpc) is 2.09. The van der Waals surface area contributed by atoms with Gasteiger partial charge >= 0.3 is 0 Å². The van der Waals surface area contributed by atoms with E-state index in [4.69, 9.17) is 0 Å². The van der Waals surface area contributed by atoms with Crippen molar-refractivity contribution in [1.29, 1.82) is 0 Å². The maximum Gasteiger partial charge on any atom is -0.0331 e. The molecule has 0 aliphatic heterocycles. The van der Waals surface area contributed by atoms with Crippen LogP contribution in [0.1, 0.15) is 58.3 Å². The molecule has 0 atom stereocenters. The number of unbranched alkanes of at least 4 members (excludes halogenated alkanes) is 7. The highest BCUT2D eigenvalue weighted by Crippen LogP contribution is 2.26. The van der Waals surface area contributed by atoms with Gasteiger partial charge in [0.15, 0.2) is 0 Å². The molecule has 0 N–H and O–H groups in total. The number of rotatable bonds is 9. The predicted molar refractivity (Wildman–Crippen MR) is 66.2 cm³/mol. The minimum atomic E-state index is 0.369. The summed E-state index contributed by atoms with van der Waals surface area (Å²) in [4.78, 5) is 0. The molecular weight excluding hydrogens is 175 g/mol. The van der Waals surface area contributed by atoms with E-state index in [1.807, 2.05) is 0 Å². The van der Waals surface area contributed by atoms with E-state index in [1.165, 1.54) is 57.5 Å². The molecule has 1 heteroatoms. The third-order valence-corrected chi connectivity index (χ3v) is 3.67. The molecule has 0 aromatic heterocycles. The Hall–Kier alpha value is 0.430. The van der Waals surface area contributed by atoms with Crippen molar-refractivity contribution >= 4 is 7.92 Å². The van der Waals surface area contributed by atoms with Crippen molar-refractivity contribution in [3.63, 3.8) is 0 Å². The molecule has 13 heavy (non-hydrogen) atoms. The molecule has 0 bridgehead atoms. The first-order valence-corrected chi connectivity index (χ1v) is 8.34. The van der Waals surface area contributed by atoms with Crippen LogP contribution >= 0.6 is 7.92 Å². The summed E-state index contributed by atoms with van der Waals surface area (Å²) in [6.45, 7) is 7.05. The van der Waals surface area contributed by atoms with E-state index in [-0.39, 0.29) is 0 Å². The van der Waals surface area contributed by atoms with Crippen LogP contribution in [0.25, 0.3) is 0 Å². The Morgan fingerprint density at radius 1 is 0.692 bits per heavy atom. The van der Waals surface area contributed by atoms with E-state index in [9.17, 15) is 0 Å². The van der Waals surface area contributed by atoms with Gasteiger partial charge in [0.05, 0.1) is 0 Å². The third-order valence-electron chi connectivity index (χ3n) is 2.46. The Kier molecular flexibility index (Phi) is 10.9. The lowest BCUT2D eigenvalue weighted by atomic mass is 10.1. The van der Waals surface area contributed by atoms with E-state index in [0.717, 1.165) is 0 Å². The molecule has 0 amide bonds. The maximum absolute atomic E-state index is 2.39. The van der Waals surface area contributed by atoms with Crippen LogP contribution in [0.15, 0.2) is 0 Å². The van der Waals surface area contributed by atoms with Crippen LogP contribution < -0.4 is 0 Å². The summed E-state index contributed by atoms with van der Waals surface area (Å²) in [5.41, 5.74) is 0. The molecule has 0 radical (unpaired) electrons. The molecule has 0 saturated carbocycles. The Bertz CT molecular complexity index is 89.1. The van der Waals surface area contributed by atoms with Crippen molar-refractivity contribution in [2.45, 2.75) is 58.3 Å². The summed E-state index contributed by atoms with van der Waals surface area (Å²) < 4.78 is 0. The van der Waals surface area contributed by atoms with Gasteiger partial charge in [0.1, 0.15) is 0 Å². The van der Waals surface area contributed by atoms with Crippen LogP contribution in [0.3, 0.4) is 0 Å². The van der Waals surface area contributed by atoms with Crippen molar-refractivity contribution < 1.29 is 0 Å². The summed E-state index contributed by atoms with van der Waals surface area (Å²) >= 11 is 0. The molecule has 0 aromatic carbocycles. The molecule has 80 valence electrons. The van der Waals surface area contributed by atoms with Gasteiger partial charge in [-0.3, -0.25) is 0 Å². The first-order valence-electron chi connectivity index (χ1n) is 5.92. The van der Waals surface area contributed by atoms with Gasteiger partial charge in [-0.25, -0.2) is 0 Å². The van der Waals surface area contributed by atoms with Gasteiger partial charge in [0, 0.05) is 0 Å². The molecule has 0 heterocycles. The second-order valence-corrected chi connectivity index (χ2v) is 6.88. The van der Waals surface area contributed by atoms with Crippen LogP contribution in [-0.2, 0) is 0 Å². The van der Waals surface area contributed by atoms with Crippen LogP contribution in [0.2, 0.25) is 0 Å². The van der Waals surface area contributed by atoms with Gasteiger partial charge in [-0.2, -0.15) is 0 Å². The fourth-order valence-electron chi connectivity index (χ4n) is 1.56. The molecule has 0 aliphatic carbocycles. The van der Waals surface area contributed by atoms with Crippen LogP contribution in [0.4, 0.5) is 0 Å². The fraction of sp³-hybridized carbons (Fsp3) is 1.00. The summed E-state index contributed by atoms with van der Waals surface area (Å²) in [6.07, 6.45) is 13.2. The van der Waals surface area contributed by atoms with Crippen molar-refractivity contribution in [2.75, 3.05) is 19.5 Å². The van der Waals surface area contributed by atoms with Crippen molar-refractivity contribution in [3.05, 3.63) is 0 Å². The first kappa shape index (κ1) is 13.4. The molecule has 0 aromatic rings. The number of hydrogen-bond donors (Lipinski definition) is 0. The molecular formula is C12H27P.